The summed E-state index contributed by atoms with van der Waals surface area (Å²) < 4.78 is 0. The van der Waals surface area contributed by atoms with E-state index in [4.69, 9.17) is 0 Å². The molecule has 0 bridgehead atoms. The molecule has 0 aromatic carbocycles. The SMILES string of the molecule is CCCCC/C=C/CC/C=C/CC/C=C/C(O)C(CO)NC(=O)CC(O)CCCCCCCCC. The summed E-state index contributed by atoms with van der Waals surface area (Å²) in [7, 11) is 0. The highest BCUT2D eigenvalue weighted by Gasteiger charge is 2.19. The Morgan fingerprint density at radius 1 is 0.714 bits per heavy atom. The van der Waals surface area contributed by atoms with Gasteiger partial charge in [0, 0.05) is 0 Å². The average molecular weight is 494 g/mol. The van der Waals surface area contributed by atoms with Crippen LogP contribution in [0.5, 0.6) is 0 Å². The van der Waals surface area contributed by atoms with Crippen LogP contribution in [0.4, 0.5) is 0 Å². The molecule has 0 fully saturated rings. The zero-order valence-corrected chi connectivity index (χ0v) is 22.7. The zero-order chi connectivity index (χ0) is 26.0. The van der Waals surface area contributed by atoms with Gasteiger partial charge in [-0.1, -0.05) is 108 Å². The van der Waals surface area contributed by atoms with Gasteiger partial charge in [-0.3, -0.25) is 4.79 Å². The van der Waals surface area contributed by atoms with Crippen molar-refractivity contribution in [2.24, 2.45) is 0 Å². The van der Waals surface area contributed by atoms with E-state index in [0.29, 0.717) is 6.42 Å². The number of rotatable bonds is 24. The number of amides is 1. The average Bonchev–Trinajstić information content (AvgIpc) is 2.84. The maximum atomic E-state index is 12.2. The molecule has 3 atom stereocenters. The van der Waals surface area contributed by atoms with Gasteiger partial charge in [0.15, 0.2) is 0 Å². The summed E-state index contributed by atoms with van der Waals surface area (Å²) in [6, 6.07) is -0.760. The van der Waals surface area contributed by atoms with Gasteiger partial charge in [-0.2, -0.15) is 0 Å². The smallest absolute Gasteiger partial charge is 0.222 e. The fourth-order valence-electron chi connectivity index (χ4n) is 3.90. The summed E-state index contributed by atoms with van der Waals surface area (Å²) in [6.07, 6.45) is 28.4. The van der Waals surface area contributed by atoms with E-state index in [1.807, 2.05) is 6.08 Å². The van der Waals surface area contributed by atoms with Crippen molar-refractivity contribution in [2.45, 2.75) is 141 Å². The Labute approximate surface area is 215 Å². The molecule has 0 spiro atoms. The number of hydrogen-bond donors (Lipinski definition) is 4. The molecule has 5 heteroatoms. The lowest BCUT2D eigenvalue weighted by molar-refractivity contribution is -0.124. The van der Waals surface area contributed by atoms with Crippen molar-refractivity contribution in [3.05, 3.63) is 36.5 Å². The normalized spacial score (nSPS) is 14.8. The Morgan fingerprint density at radius 2 is 1.23 bits per heavy atom. The van der Waals surface area contributed by atoms with E-state index in [1.165, 1.54) is 57.8 Å². The van der Waals surface area contributed by atoms with Crippen LogP contribution in [-0.4, -0.2) is 46.1 Å². The third kappa shape index (κ3) is 22.8. The molecule has 0 aliphatic heterocycles. The van der Waals surface area contributed by atoms with Gasteiger partial charge in [0.1, 0.15) is 0 Å². The molecule has 1 amide bonds. The molecule has 0 heterocycles. The molecule has 3 unspecified atom stereocenters. The van der Waals surface area contributed by atoms with E-state index < -0.39 is 18.2 Å². The molecule has 0 aliphatic carbocycles. The molecule has 0 aliphatic rings. The van der Waals surface area contributed by atoms with Crippen molar-refractivity contribution in [3.63, 3.8) is 0 Å². The van der Waals surface area contributed by atoms with E-state index in [9.17, 15) is 20.1 Å². The Kier molecular flexibility index (Phi) is 24.6. The van der Waals surface area contributed by atoms with Crippen LogP contribution in [0.15, 0.2) is 36.5 Å². The third-order valence-corrected chi connectivity index (χ3v) is 6.16. The molecular weight excluding hydrogens is 438 g/mol. The van der Waals surface area contributed by atoms with Crippen LogP contribution in [-0.2, 0) is 4.79 Å². The highest BCUT2D eigenvalue weighted by molar-refractivity contribution is 5.76. The summed E-state index contributed by atoms with van der Waals surface area (Å²) >= 11 is 0. The van der Waals surface area contributed by atoms with Crippen molar-refractivity contribution in [3.8, 4) is 0 Å². The highest BCUT2D eigenvalue weighted by atomic mass is 16.3. The standard InChI is InChI=1S/C30H55NO4/c1-3-5-7-9-11-12-13-14-15-16-18-20-22-24-29(34)28(26-32)31-30(35)25-27(33)23-21-19-17-10-8-6-4-2/h11-12,15-16,22,24,27-29,32-34H,3-10,13-14,17-21,23,25-26H2,1-2H3,(H,31,35)/b12-11+,16-15+,24-22+. The fourth-order valence-corrected chi connectivity index (χ4v) is 3.90. The monoisotopic (exact) mass is 493 g/mol. The lowest BCUT2D eigenvalue weighted by Crippen LogP contribution is -2.45. The predicted molar refractivity (Wildman–Crippen MR) is 148 cm³/mol. The molecule has 5 nitrogen and oxygen atoms in total. The minimum Gasteiger partial charge on any atom is -0.394 e. The summed E-state index contributed by atoms with van der Waals surface area (Å²) in [4.78, 5) is 12.2. The topological polar surface area (TPSA) is 89.8 Å². The van der Waals surface area contributed by atoms with Gasteiger partial charge in [0.2, 0.25) is 5.91 Å². The van der Waals surface area contributed by atoms with Gasteiger partial charge >= 0.3 is 0 Å². The van der Waals surface area contributed by atoms with Crippen molar-refractivity contribution in [1.82, 2.24) is 5.32 Å². The van der Waals surface area contributed by atoms with Crippen LogP contribution in [0.3, 0.4) is 0 Å². The minimum absolute atomic E-state index is 0.00148. The zero-order valence-electron chi connectivity index (χ0n) is 22.7. The number of allylic oxidation sites excluding steroid dienone is 5. The number of carbonyl (C=O) groups is 1. The number of carbonyl (C=O) groups excluding carboxylic acids is 1. The lowest BCUT2D eigenvalue weighted by Gasteiger charge is -2.20. The van der Waals surface area contributed by atoms with Gasteiger partial charge in [-0.05, 0) is 44.9 Å². The first-order valence-electron chi connectivity index (χ1n) is 14.3. The van der Waals surface area contributed by atoms with E-state index in [-0.39, 0.29) is 18.9 Å². The van der Waals surface area contributed by atoms with Crippen molar-refractivity contribution in [2.75, 3.05) is 6.61 Å². The minimum atomic E-state index is -0.953. The Hall–Kier alpha value is -1.43. The molecular formula is C30H55NO4. The maximum absolute atomic E-state index is 12.2. The summed E-state index contributed by atoms with van der Waals surface area (Å²) in [6.45, 7) is 4.07. The Bertz CT molecular complexity index is 559. The van der Waals surface area contributed by atoms with Gasteiger partial charge in [0.05, 0.1) is 31.3 Å². The molecule has 0 saturated carbocycles. The molecule has 0 rings (SSSR count). The van der Waals surface area contributed by atoms with E-state index in [1.54, 1.807) is 6.08 Å². The summed E-state index contributed by atoms with van der Waals surface area (Å²) in [5.41, 5.74) is 0. The second kappa shape index (κ2) is 25.7. The first kappa shape index (κ1) is 33.6. The van der Waals surface area contributed by atoms with E-state index in [2.05, 4.69) is 43.5 Å². The van der Waals surface area contributed by atoms with Crippen LogP contribution < -0.4 is 5.32 Å². The molecule has 204 valence electrons. The van der Waals surface area contributed by atoms with Crippen molar-refractivity contribution in [1.29, 1.82) is 0 Å². The van der Waals surface area contributed by atoms with Crippen LogP contribution in [0.25, 0.3) is 0 Å². The number of aliphatic hydroxyl groups excluding tert-OH is 3. The van der Waals surface area contributed by atoms with Gasteiger partial charge in [0.25, 0.3) is 0 Å². The fraction of sp³-hybridized carbons (Fsp3) is 0.767. The van der Waals surface area contributed by atoms with Crippen LogP contribution in [0.2, 0.25) is 0 Å². The van der Waals surface area contributed by atoms with Crippen LogP contribution in [0, 0.1) is 0 Å². The number of aliphatic hydroxyl groups is 3. The second-order valence-corrected chi connectivity index (χ2v) is 9.64. The Morgan fingerprint density at radius 3 is 1.83 bits per heavy atom. The molecule has 0 aromatic heterocycles. The Balaban J connectivity index is 3.96. The second-order valence-electron chi connectivity index (χ2n) is 9.64. The van der Waals surface area contributed by atoms with Crippen LogP contribution in [0.1, 0.15) is 123 Å². The number of hydrogen-bond acceptors (Lipinski definition) is 4. The molecule has 4 N–H and O–H groups in total. The maximum Gasteiger partial charge on any atom is 0.222 e. The lowest BCUT2D eigenvalue weighted by atomic mass is 10.0. The molecule has 0 radical (unpaired) electrons. The van der Waals surface area contributed by atoms with E-state index >= 15 is 0 Å². The van der Waals surface area contributed by atoms with E-state index in [0.717, 1.165) is 38.5 Å². The first-order chi connectivity index (χ1) is 17.0. The quantitative estimate of drug-likeness (QED) is 0.0909. The largest absolute Gasteiger partial charge is 0.394 e. The molecule has 35 heavy (non-hydrogen) atoms. The predicted octanol–water partition coefficient (Wildman–Crippen LogP) is 6.53. The number of nitrogens with one attached hydrogen (secondary N) is 1. The van der Waals surface area contributed by atoms with Gasteiger partial charge in [-0.25, -0.2) is 0 Å². The van der Waals surface area contributed by atoms with Crippen molar-refractivity contribution >= 4 is 5.91 Å². The summed E-state index contributed by atoms with van der Waals surface area (Å²) in [5, 5.41) is 32.6. The van der Waals surface area contributed by atoms with Gasteiger partial charge in [-0.15, -0.1) is 0 Å². The molecule has 0 aromatic rings. The third-order valence-electron chi connectivity index (χ3n) is 6.16. The van der Waals surface area contributed by atoms with Crippen molar-refractivity contribution < 1.29 is 20.1 Å². The van der Waals surface area contributed by atoms with Gasteiger partial charge < -0.3 is 20.6 Å². The highest BCUT2D eigenvalue weighted by Crippen LogP contribution is 2.11. The van der Waals surface area contributed by atoms with Crippen LogP contribution >= 0.6 is 0 Å². The number of unbranched alkanes of at least 4 members (excludes halogenated alkanes) is 11. The first-order valence-corrected chi connectivity index (χ1v) is 14.3. The molecule has 0 saturated heterocycles. The summed E-state index contributed by atoms with van der Waals surface area (Å²) in [5.74, 6) is -0.339.